The first kappa shape index (κ1) is 12.1. The number of anilines is 1. The molecule has 0 amide bonds. The smallest absolute Gasteiger partial charge is 0.340 e. The number of methoxy groups -OCH3 is 1. The van der Waals surface area contributed by atoms with Crippen molar-refractivity contribution >= 4 is 11.7 Å². The molecule has 0 aliphatic carbocycles. The highest BCUT2D eigenvalue weighted by molar-refractivity contribution is 5.95. The van der Waals surface area contributed by atoms with Crippen LogP contribution in [0.4, 0.5) is 5.69 Å². The molecule has 0 saturated carbocycles. The van der Waals surface area contributed by atoms with Crippen molar-refractivity contribution in [3.8, 4) is 5.75 Å². The fourth-order valence-corrected chi connectivity index (χ4v) is 1.17. The number of esters is 1. The summed E-state index contributed by atoms with van der Waals surface area (Å²) in [6, 6.07) is 4.91. The van der Waals surface area contributed by atoms with Gasteiger partial charge in [-0.05, 0) is 24.6 Å². The zero-order valence-electron chi connectivity index (χ0n) is 9.23. The molecule has 0 atom stereocenters. The van der Waals surface area contributed by atoms with E-state index in [2.05, 4.69) is 11.3 Å². The highest BCUT2D eigenvalue weighted by Crippen LogP contribution is 2.20. The van der Waals surface area contributed by atoms with E-state index in [9.17, 15) is 4.79 Å². The second-order valence-corrected chi connectivity index (χ2v) is 3.17. The molecule has 1 aromatic carbocycles. The summed E-state index contributed by atoms with van der Waals surface area (Å²) >= 11 is 0. The van der Waals surface area contributed by atoms with E-state index in [0.29, 0.717) is 23.6 Å². The van der Waals surface area contributed by atoms with E-state index in [4.69, 9.17) is 10.5 Å². The maximum atomic E-state index is 11.3. The summed E-state index contributed by atoms with van der Waals surface area (Å²) in [4.78, 5) is 11.3. The molecule has 16 heavy (non-hydrogen) atoms. The molecule has 2 N–H and O–H groups in total. The Balaban J connectivity index is 2.81. The molecule has 86 valence electrons. The van der Waals surface area contributed by atoms with Gasteiger partial charge in [0.15, 0.2) is 0 Å². The van der Waals surface area contributed by atoms with Gasteiger partial charge in [0.1, 0.15) is 5.75 Å². The SMILES string of the molecule is C=CCCOc1ccc(N)c(C(=O)OC)c1. The van der Waals surface area contributed by atoms with Gasteiger partial charge in [-0.3, -0.25) is 0 Å². The second kappa shape index (κ2) is 5.80. The first-order chi connectivity index (χ1) is 7.69. The fourth-order valence-electron chi connectivity index (χ4n) is 1.17. The van der Waals surface area contributed by atoms with Crippen molar-refractivity contribution in [1.29, 1.82) is 0 Å². The lowest BCUT2D eigenvalue weighted by Crippen LogP contribution is -2.06. The summed E-state index contributed by atoms with van der Waals surface area (Å²) in [6.07, 6.45) is 2.51. The van der Waals surface area contributed by atoms with E-state index in [1.165, 1.54) is 7.11 Å². The summed E-state index contributed by atoms with van der Waals surface area (Å²) in [7, 11) is 1.31. The number of nitrogens with two attached hydrogens (primary N) is 1. The van der Waals surface area contributed by atoms with Crippen molar-refractivity contribution in [2.24, 2.45) is 0 Å². The standard InChI is InChI=1S/C12H15NO3/c1-3-4-7-16-9-5-6-11(13)10(8-9)12(14)15-2/h3,5-6,8H,1,4,7,13H2,2H3. The molecule has 0 spiro atoms. The summed E-state index contributed by atoms with van der Waals surface area (Å²) in [6.45, 7) is 4.11. The molecule has 1 rings (SSSR count). The monoisotopic (exact) mass is 221 g/mol. The Bertz CT molecular complexity index is 388. The predicted octanol–water partition coefficient (Wildman–Crippen LogP) is 2.01. The molecule has 0 heterocycles. The number of ether oxygens (including phenoxy) is 2. The number of carbonyl (C=O) groups is 1. The normalized spacial score (nSPS) is 9.56. The minimum atomic E-state index is -0.466. The molecule has 4 heteroatoms. The van der Waals surface area contributed by atoms with E-state index in [-0.39, 0.29) is 0 Å². The molecule has 1 aromatic rings. The second-order valence-electron chi connectivity index (χ2n) is 3.17. The van der Waals surface area contributed by atoms with Crippen LogP contribution < -0.4 is 10.5 Å². The highest BCUT2D eigenvalue weighted by atomic mass is 16.5. The fraction of sp³-hybridized carbons (Fsp3) is 0.250. The molecule has 0 radical (unpaired) electrons. The van der Waals surface area contributed by atoms with Gasteiger partial charge in [-0.15, -0.1) is 6.58 Å². The molecule has 0 aromatic heterocycles. The van der Waals surface area contributed by atoms with Crippen LogP contribution in [0.5, 0.6) is 5.75 Å². The van der Waals surface area contributed by atoms with Gasteiger partial charge >= 0.3 is 5.97 Å². The predicted molar refractivity (Wildman–Crippen MR) is 62.5 cm³/mol. The third-order valence-corrected chi connectivity index (χ3v) is 2.02. The number of rotatable bonds is 5. The highest BCUT2D eigenvalue weighted by Gasteiger charge is 2.10. The van der Waals surface area contributed by atoms with Crippen LogP contribution in [-0.2, 0) is 4.74 Å². The van der Waals surface area contributed by atoms with Gasteiger partial charge in [-0.2, -0.15) is 0 Å². The largest absolute Gasteiger partial charge is 0.493 e. The first-order valence-electron chi connectivity index (χ1n) is 4.90. The number of hydrogen-bond donors (Lipinski definition) is 1. The van der Waals surface area contributed by atoms with Gasteiger partial charge in [0, 0.05) is 5.69 Å². The van der Waals surface area contributed by atoms with Crippen LogP contribution in [-0.4, -0.2) is 19.7 Å². The molecule has 4 nitrogen and oxygen atoms in total. The van der Waals surface area contributed by atoms with Crippen molar-refractivity contribution in [2.45, 2.75) is 6.42 Å². The zero-order valence-corrected chi connectivity index (χ0v) is 9.23. The number of nitrogen functional groups attached to an aromatic ring is 1. The van der Waals surface area contributed by atoms with Crippen molar-refractivity contribution in [3.63, 3.8) is 0 Å². The van der Waals surface area contributed by atoms with E-state index >= 15 is 0 Å². The topological polar surface area (TPSA) is 61.5 Å². The van der Waals surface area contributed by atoms with Crippen LogP contribution in [0.25, 0.3) is 0 Å². The molecule has 0 aliphatic rings. The number of carbonyl (C=O) groups excluding carboxylic acids is 1. The Kier molecular flexibility index (Phi) is 4.39. The first-order valence-corrected chi connectivity index (χ1v) is 4.90. The Hall–Kier alpha value is -1.97. The van der Waals surface area contributed by atoms with E-state index in [1.807, 2.05) is 0 Å². The molecule has 0 saturated heterocycles. The summed E-state index contributed by atoms with van der Waals surface area (Å²) in [5, 5.41) is 0. The van der Waals surface area contributed by atoms with Gasteiger partial charge < -0.3 is 15.2 Å². The van der Waals surface area contributed by atoms with E-state index in [1.54, 1.807) is 24.3 Å². The van der Waals surface area contributed by atoms with E-state index in [0.717, 1.165) is 6.42 Å². The van der Waals surface area contributed by atoms with Crippen molar-refractivity contribution in [3.05, 3.63) is 36.4 Å². The lowest BCUT2D eigenvalue weighted by atomic mass is 10.2. The van der Waals surface area contributed by atoms with Crippen LogP contribution in [0, 0.1) is 0 Å². The summed E-state index contributed by atoms with van der Waals surface area (Å²) in [5.41, 5.74) is 6.34. The number of benzene rings is 1. The quantitative estimate of drug-likeness (QED) is 0.357. The molecular formula is C12H15NO3. The van der Waals surface area contributed by atoms with Gasteiger partial charge in [0.2, 0.25) is 0 Å². The van der Waals surface area contributed by atoms with Crippen molar-refractivity contribution in [2.75, 3.05) is 19.5 Å². The van der Waals surface area contributed by atoms with Gasteiger partial charge in [-0.1, -0.05) is 6.08 Å². The Morgan fingerprint density at radius 2 is 2.31 bits per heavy atom. The van der Waals surface area contributed by atoms with Gasteiger partial charge in [-0.25, -0.2) is 4.79 Å². The average Bonchev–Trinajstić information content (AvgIpc) is 2.30. The van der Waals surface area contributed by atoms with Crippen LogP contribution in [0.3, 0.4) is 0 Å². The maximum absolute atomic E-state index is 11.3. The Morgan fingerprint density at radius 3 is 2.94 bits per heavy atom. The Morgan fingerprint density at radius 1 is 1.56 bits per heavy atom. The van der Waals surface area contributed by atoms with E-state index < -0.39 is 5.97 Å². The summed E-state index contributed by atoms with van der Waals surface area (Å²) in [5.74, 6) is 0.128. The van der Waals surface area contributed by atoms with Crippen LogP contribution in [0.2, 0.25) is 0 Å². The molecule has 0 aliphatic heterocycles. The van der Waals surface area contributed by atoms with Crippen molar-refractivity contribution < 1.29 is 14.3 Å². The average molecular weight is 221 g/mol. The molecular weight excluding hydrogens is 206 g/mol. The number of hydrogen-bond acceptors (Lipinski definition) is 4. The molecule has 0 unspecified atom stereocenters. The van der Waals surface area contributed by atoms with Crippen LogP contribution >= 0.6 is 0 Å². The maximum Gasteiger partial charge on any atom is 0.340 e. The minimum Gasteiger partial charge on any atom is -0.493 e. The van der Waals surface area contributed by atoms with Crippen LogP contribution in [0.1, 0.15) is 16.8 Å². The zero-order chi connectivity index (χ0) is 12.0. The lowest BCUT2D eigenvalue weighted by Gasteiger charge is -2.08. The van der Waals surface area contributed by atoms with Gasteiger partial charge in [0.05, 0.1) is 19.3 Å². The summed E-state index contributed by atoms with van der Waals surface area (Å²) < 4.78 is 10.0. The van der Waals surface area contributed by atoms with Crippen molar-refractivity contribution in [1.82, 2.24) is 0 Å². The third kappa shape index (κ3) is 3.02. The third-order valence-electron chi connectivity index (χ3n) is 2.02. The Labute approximate surface area is 94.7 Å². The lowest BCUT2D eigenvalue weighted by molar-refractivity contribution is 0.0601. The molecule has 0 fully saturated rings. The van der Waals surface area contributed by atoms with Crippen LogP contribution in [0.15, 0.2) is 30.9 Å². The molecule has 0 bridgehead atoms. The minimum absolute atomic E-state index is 0.318. The van der Waals surface area contributed by atoms with Gasteiger partial charge in [0.25, 0.3) is 0 Å².